The Morgan fingerprint density at radius 1 is 1.42 bits per heavy atom. The molecule has 3 rings (SSSR count). The van der Waals surface area contributed by atoms with E-state index in [0.717, 1.165) is 48.7 Å². The second-order valence-electron chi connectivity index (χ2n) is 6.30. The first-order chi connectivity index (χ1) is 11.5. The van der Waals surface area contributed by atoms with E-state index < -0.39 is 5.97 Å². The van der Waals surface area contributed by atoms with Crippen molar-refractivity contribution in [3.63, 3.8) is 0 Å². The van der Waals surface area contributed by atoms with Crippen molar-refractivity contribution in [3.8, 4) is 0 Å². The molecule has 0 aromatic carbocycles. The highest BCUT2D eigenvalue weighted by Crippen LogP contribution is 2.23. The quantitative estimate of drug-likeness (QED) is 0.867. The summed E-state index contributed by atoms with van der Waals surface area (Å²) in [6.07, 6.45) is 3.47. The van der Waals surface area contributed by atoms with Gasteiger partial charge >= 0.3 is 5.97 Å². The van der Waals surface area contributed by atoms with Gasteiger partial charge in [-0.05, 0) is 31.9 Å². The van der Waals surface area contributed by atoms with E-state index in [1.807, 2.05) is 25.4 Å². The number of pyridine rings is 1. The van der Waals surface area contributed by atoms with Gasteiger partial charge in [-0.1, -0.05) is 0 Å². The van der Waals surface area contributed by atoms with Gasteiger partial charge in [-0.15, -0.1) is 11.3 Å². The van der Waals surface area contributed by atoms with Gasteiger partial charge in [0.15, 0.2) is 0 Å². The van der Waals surface area contributed by atoms with Crippen molar-refractivity contribution < 1.29 is 9.90 Å². The van der Waals surface area contributed by atoms with Gasteiger partial charge in [0.05, 0.1) is 6.54 Å². The van der Waals surface area contributed by atoms with E-state index in [1.165, 1.54) is 0 Å². The average molecular weight is 346 g/mol. The number of hydrogen-bond donors (Lipinski definition) is 2. The minimum absolute atomic E-state index is 0.140. The average Bonchev–Trinajstić information content (AvgIpc) is 2.95. The van der Waals surface area contributed by atoms with Gasteiger partial charge < -0.3 is 10.4 Å². The van der Waals surface area contributed by atoms with Crippen molar-refractivity contribution in [2.45, 2.75) is 39.3 Å². The molecule has 0 unspecified atom stereocenters. The number of aromatic carboxylic acids is 1. The van der Waals surface area contributed by atoms with Crippen LogP contribution in [0.15, 0.2) is 17.6 Å². The van der Waals surface area contributed by atoms with Gasteiger partial charge in [0.25, 0.3) is 0 Å². The van der Waals surface area contributed by atoms with Crippen LogP contribution in [0.3, 0.4) is 0 Å². The maximum Gasteiger partial charge on any atom is 0.339 e. The summed E-state index contributed by atoms with van der Waals surface area (Å²) >= 11 is 1.67. The van der Waals surface area contributed by atoms with Crippen LogP contribution in [0.1, 0.15) is 40.5 Å². The van der Waals surface area contributed by atoms with Crippen LogP contribution < -0.4 is 5.32 Å². The number of hydrogen-bond acceptors (Lipinski definition) is 6. The summed E-state index contributed by atoms with van der Waals surface area (Å²) < 4.78 is 0. The van der Waals surface area contributed by atoms with Gasteiger partial charge in [-0.2, -0.15) is 0 Å². The zero-order valence-corrected chi connectivity index (χ0v) is 14.8. The molecular weight excluding hydrogens is 324 g/mol. The number of aromatic nitrogens is 2. The van der Waals surface area contributed by atoms with Gasteiger partial charge in [0.2, 0.25) is 0 Å². The maximum atomic E-state index is 11.6. The fraction of sp³-hybridized carbons (Fsp3) is 0.471. The molecule has 0 spiro atoms. The normalized spacial score (nSPS) is 15.1. The summed E-state index contributed by atoms with van der Waals surface area (Å²) in [5.74, 6) is -0.457. The van der Waals surface area contributed by atoms with Gasteiger partial charge in [-0.3, -0.25) is 4.90 Å². The molecule has 0 saturated heterocycles. The molecule has 24 heavy (non-hydrogen) atoms. The first-order valence-electron chi connectivity index (χ1n) is 8.16. The molecule has 7 heteroatoms. The highest BCUT2D eigenvalue weighted by atomic mass is 32.1. The molecule has 0 atom stereocenters. The Hall–Kier alpha value is -1.99. The Kier molecular flexibility index (Phi) is 5.11. The Labute approximate surface area is 145 Å². The van der Waals surface area contributed by atoms with Crippen molar-refractivity contribution in [1.82, 2.24) is 14.9 Å². The lowest BCUT2D eigenvalue weighted by atomic mass is 10.1. The number of fused-ring (bicyclic) bond motifs is 1. The molecule has 6 nitrogen and oxygen atoms in total. The highest BCUT2D eigenvalue weighted by Gasteiger charge is 2.21. The minimum Gasteiger partial charge on any atom is -0.478 e. The predicted molar refractivity (Wildman–Crippen MR) is 94.8 cm³/mol. The number of carbonyl (C=O) groups is 1. The van der Waals surface area contributed by atoms with E-state index in [9.17, 15) is 9.90 Å². The lowest BCUT2D eigenvalue weighted by molar-refractivity contribution is 0.0697. The first-order valence-corrected chi connectivity index (χ1v) is 9.04. The van der Waals surface area contributed by atoms with Crippen LogP contribution >= 0.6 is 11.3 Å². The van der Waals surface area contributed by atoms with Crippen molar-refractivity contribution in [1.29, 1.82) is 0 Å². The molecular formula is C17H22N4O2S. The summed E-state index contributed by atoms with van der Waals surface area (Å²) in [7, 11) is 0. The lowest BCUT2D eigenvalue weighted by Gasteiger charge is -2.17. The molecule has 2 N–H and O–H groups in total. The van der Waals surface area contributed by atoms with Crippen LogP contribution in [0.5, 0.6) is 0 Å². The third-order valence-corrected chi connectivity index (χ3v) is 4.82. The van der Waals surface area contributed by atoms with Crippen LogP contribution in [0.2, 0.25) is 0 Å². The van der Waals surface area contributed by atoms with E-state index >= 15 is 0 Å². The molecule has 2 aromatic heterocycles. The molecule has 0 saturated carbocycles. The molecule has 2 aromatic rings. The Balaban J connectivity index is 1.81. The van der Waals surface area contributed by atoms with Crippen molar-refractivity contribution >= 4 is 23.1 Å². The molecule has 0 radical (unpaired) electrons. The summed E-state index contributed by atoms with van der Waals surface area (Å²) in [5.41, 5.74) is 2.31. The van der Waals surface area contributed by atoms with E-state index in [2.05, 4.69) is 20.2 Å². The monoisotopic (exact) mass is 346 g/mol. The summed E-state index contributed by atoms with van der Waals surface area (Å²) in [5, 5.41) is 15.7. The number of nitrogens with zero attached hydrogens (tertiary/aromatic N) is 3. The number of carboxylic acid groups (broad SMARTS) is 1. The third kappa shape index (κ3) is 3.91. The van der Waals surface area contributed by atoms with Gasteiger partial charge in [0.1, 0.15) is 16.4 Å². The standard InChI is InChI=1S/C17H22N4O2S/c1-11(2)19-16-13(17(22)23)9-12-3-6-21(7-4-14(12)20-16)10-15-18-5-8-24-15/h5,8-9,11H,3-4,6-7,10H2,1-2H3,(H,19,20)(H,22,23). The van der Waals surface area contributed by atoms with Crippen LogP contribution in [-0.4, -0.2) is 45.1 Å². The molecule has 1 aliphatic heterocycles. The minimum atomic E-state index is -0.933. The third-order valence-electron chi connectivity index (χ3n) is 4.05. The Morgan fingerprint density at radius 2 is 2.21 bits per heavy atom. The van der Waals surface area contributed by atoms with Crippen molar-refractivity contribution in [3.05, 3.63) is 39.5 Å². The lowest BCUT2D eigenvalue weighted by Crippen LogP contribution is -2.25. The molecule has 128 valence electrons. The van der Waals surface area contributed by atoms with E-state index in [0.29, 0.717) is 5.82 Å². The molecule has 1 aliphatic rings. The number of rotatable bonds is 5. The summed E-state index contributed by atoms with van der Waals surface area (Å²) in [4.78, 5) is 22.9. The van der Waals surface area contributed by atoms with Crippen molar-refractivity contribution in [2.75, 3.05) is 18.4 Å². The predicted octanol–water partition coefficient (Wildman–Crippen LogP) is 2.66. The second kappa shape index (κ2) is 7.27. The van der Waals surface area contributed by atoms with Crippen LogP contribution in [0.4, 0.5) is 5.82 Å². The zero-order chi connectivity index (χ0) is 17.1. The topological polar surface area (TPSA) is 78.3 Å². The van der Waals surface area contributed by atoms with Crippen LogP contribution in [-0.2, 0) is 19.4 Å². The second-order valence-corrected chi connectivity index (χ2v) is 7.28. The summed E-state index contributed by atoms with van der Waals surface area (Å²) in [6, 6.07) is 1.93. The molecule has 0 aliphatic carbocycles. The zero-order valence-electron chi connectivity index (χ0n) is 14.0. The number of nitrogens with one attached hydrogen (secondary N) is 1. The van der Waals surface area contributed by atoms with Gasteiger partial charge in [0, 0.05) is 42.8 Å². The number of anilines is 1. The SMILES string of the molecule is CC(C)Nc1nc2c(cc1C(=O)O)CCN(Cc1nccs1)CC2. The first kappa shape index (κ1) is 16.9. The van der Waals surface area contributed by atoms with E-state index in [1.54, 1.807) is 17.4 Å². The smallest absolute Gasteiger partial charge is 0.339 e. The van der Waals surface area contributed by atoms with Crippen LogP contribution in [0.25, 0.3) is 0 Å². The fourth-order valence-corrected chi connectivity index (χ4v) is 3.56. The van der Waals surface area contributed by atoms with Gasteiger partial charge in [-0.25, -0.2) is 14.8 Å². The van der Waals surface area contributed by atoms with Crippen LogP contribution in [0, 0.1) is 0 Å². The summed E-state index contributed by atoms with van der Waals surface area (Å²) in [6.45, 7) is 6.61. The van der Waals surface area contributed by atoms with E-state index in [4.69, 9.17) is 0 Å². The number of thiazole rings is 1. The Bertz CT molecular complexity index is 716. The number of carboxylic acids is 1. The molecule has 0 amide bonds. The molecule has 0 bridgehead atoms. The largest absolute Gasteiger partial charge is 0.478 e. The fourth-order valence-electron chi connectivity index (χ4n) is 2.91. The highest BCUT2D eigenvalue weighted by molar-refractivity contribution is 7.09. The molecule has 0 fully saturated rings. The van der Waals surface area contributed by atoms with E-state index in [-0.39, 0.29) is 11.6 Å². The maximum absolute atomic E-state index is 11.6. The van der Waals surface area contributed by atoms with Crippen molar-refractivity contribution in [2.24, 2.45) is 0 Å². The molecule has 3 heterocycles. The Morgan fingerprint density at radius 3 is 2.88 bits per heavy atom.